The molecule has 0 spiro atoms. The summed E-state index contributed by atoms with van der Waals surface area (Å²) in [6.07, 6.45) is 2.37. The zero-order chi connectivity index (χ0) is 13.3. The van der Waals surface area contributed by atoms with Gasteiger partial charge in [-0.2, -0.15) is 0 Å². The quantitative estimate of drug-likeness (QED) is 0.877. The zero-order valence-electron chi connectivity index (χ0n) is 10.3. The maximum absolute atomic E-state index is 11.2. The molecule has 0 aliphatic rings. The summed E-state index contributed by atoms with van der Waals surface area (Å²) < 4.78 is 27.5. The lowest BCUT2D eigenvalue weighted by molar-refractivity contribution is 0.411. The molecular weight excluding hydrogens is 254 g/mol. The number of nitrogens with zero attached hydrogens (tertiary/aromatic N) is 2. The van der Waals surface area contributed by atoms with Crippen LogP contribution in [-0.2, 0) is 16.4 Å². The average Bonchev–Trinajstić information content (AvgIpc) is 2.68. The number of fused-ring (bicyclic) bond motifs is 1. The molecule has 0 radical (unpaired) electrons. The monoisotopic (exact) mass is 269 g/mol. The highest BCUT2D eigenvalue weighted by atomic mass is 32.2. The molecule has 0 aliphatic carbocycles. The fourth-order valence-corrected chi connectivity index (χ4v) is 2.06. The molecule has 0 aromatic carbocycles. The van der Waals surface area contributed by atoms with Crippen molar-refractivity contribution in [2.24, 2.45) is 5.14 Å². The van der Waals surface area contributed by atoms with Crippen molar-refractivity contribution in [2.75, 3.05) is 20.6 Å². The van der Waals surface area contributed by atoms with Crippen molar-refractivity contribution < 1.29 is 12.8 Å². The minimum absolute atomic E-state index is 0.232. The predicted molar refractivity (Wildman–Crippen MR) is 67.6 cm³/mol. The van der Waals surface area contributed by atoms with E-state index in [4.69, 9.17) is 9.56 Å². The van der Waals surface area contributed by atoms with Crippen molar-refractivity contribution in [3.63, 3.8) is 0 Å². The topological polar surface area (TPSA) is 89.4 Å². The van der Waals surface area contributed by atoms with Gasteiger partial charge in [0, 0.05) is 42.4 Å². The number of sulfonamides is 1. The predicted octanol–water partition coefficient (Wildman–Crippen LogP) is 0.579. The third-order valence-electron chi connectivity index (χ3n) is 2.53. The first-order valence-electron chi connectivity index (χ1n) is 5.42. The molecule has 0 fully saturated rings. The Labute approximate surface area is 105 Å². The smallest absolute Gasteiger partial charge is 0.271 e. The van der Waals surface area contributed by atoms with Crippen molar-refractivity contribution in [1.29, 1.82) is 0 Å². The Bertz CT molecular complexity index is 661. The van der Waals surface area contributed by atoms with Gasteiger partial charge in [-0.15, -0.1) is 0 Å². The van der Waals surface area contributed by atoms with Crippen molar-refractivity contribution in [3.8, 4) is 0 Å². The number of aromatic nitrogens is 1. The van der Waals surface area contributed by atoms with E-state index in [1.165, 1.54) is 6.07 Å². The maximum atomic E-state index is 11.2. The van der Waals surface area contributed by atoms with Gasteiger partial charge in [-0.05, 0) is 14.1 Å². The first kappa shape index (κ1) is 13.0. The van der Waals surface area contributed by atoms with Crippen molar-refractivity contribution in [3.05, 3.63) is 24.0 Å². The van der Waals surface area contributed by atoms with Crippen LogP contribution in [0.15, 0.2) is 27.8 Å². The van der Waals surface area contributed by atoms with Crippen molar-refractivity contribution in [1.82, 2.24) is 9.88 Å². The fourth-order valence-electron chi connectivity index (χ4n) is 1.56. The summed E-state index contributed by atoms with van der Waals surface area (Å²) in [5.74, 6) is 0. The average molecular weight is 269 g/mol. The van der Waals surface area contributed by atoms with Gasteiger partial charge < -0.3 is 9.32 Å². The van der Waals surface area contributed by atoms with Crippen LogP contribution in [0.2, 0.25) is 0 Å². The molecule has 2 aromatic heterocycles. The molecule has 0 atom stereocenters. The highest BCUT2D eigenvalue weighted by Gasteiger charge is 2.14. The third kappa shape index (κ3) is 2.87. The van der Waals surface area contributed by atoms with E-state index in [2.05, 4.69) is 4.98 Å². The Morgan fingerprint density at radius 3 is 2.72 bits per heavy atom. The van der Waals surface area contributed by atoms with E-state index >= 15 is 0 Å². The van der Waals surface area contributed by atoms with Crippen LogP contribution in [0.25, 0.3) is 11.0 Å². The summed E-state index contributed by atoms with van der Waals surface area (Å²) >= 11 is 0. The second-order valence-corrected chi connectivity index (χ2v) is 5.87. The van der Waals surface area contributed by atoms with Crippen LogP contribution >= 0.6 is 0 Å². The summed E-state index contributed by atoms with van der Waals surface area (Å²) in [5, 5.41) is 5.41. The molecule has 0 saturated heterocycles. The minimum Gasteiger partial charge on any atom is -0.443 e. The van der Waals surface area contributed by atoms with Gasteiger partial charge in [-0.1, -0.05) is 0 Å². The second kappa shape index (κ2) is 4.68. The van der Waals surface area contributed by atoms with Crippen LogP contribution in [0.1, 0.15) is 5.69 Å². The van der Waals surface area contributed by atoms with Gasteiger partial charge in [0.2, 0.25) is 5.09 Å². The first-order valence-corrected chi connectivity index (χ1v) is 6.97. The lowest BCUT2D eigenvalue weighted by Gasteiger charge is -2.07. The van der Waals surface area contributed by atoms with Crippen molar-refractivity contribution in [2.45, 2.75) is 11.5 Å². The van der Waals surface area contributed by atoms with E-state index in [0.717, 1.165) is 18.7 Å². The lowest BCUT2D eigenvalue weighted by Crippen LogP contribution is -2.15. The molecule has 0 amide bonds. The van der Waals surface area contributed by atoms with Gasteiger partial charge in [-0.25, -0.2) is 13.6 Å². The largest absolute Gasteiger partial charge is 0.443 e. The van der Waals surface area contributed by atoms with Crippen LogP contribution in [0.4, 0.5) is 0 Å². The summed E-state index contributed by atoms with van der Waals surface area (Å²) in [4.78, 5) is 6.30. The molecule has 0 aliphatic heterocycles. The molecule has 6 nitrogen and oxygen atoms in total. The molecule has 2 rings (SSSR count). The molecule has 2 aromatic rings. The highest BCUT2D eigenvalue weighted by Crippen LogP contribution is 2.21. The second-order valence-electron chi connectivity index (χ2n) is 4.38. The SMILES string of the molecule is CN(C)CCc1cc2oc(S(N)(=O)=O)cc2cn1. The van der Waals surface area contributed by atoms with Gasteiger partial charge >= 0.3 is 0 Å². The molecule has 0 saturated carbocycles. The summed E-state index contributed by atoms with van der Waals surface area (Å²) in [7, 11) is 0.147. The number of likely N-dealkylation sites (N-methyl/N-ethyl adjacent to an activating group) is 1. The Kier molecular flexibility index (Phi) is 3.38. The van der Waals surface area contributed by atoms with E-state index in [1.54, 1.807) is 12.3 Å². The summed E-state index contributed by atoms with van der Waals surface area (Å²) in [6, 6.07) is 3.13. The van der Waals surface area contributed by atoms with E-state index in [9.17, 15) is 8.42 Å². The van der Waals surface area contributed by atoms with Crippen LogP contribution in [0.5, 0.6) is 0 Å². The standard InChI is InChI=1S/C11H15N3O3S/c1-14(2)4-3-9-6-10-8(7-13-9)5-11(17-10)18(12,15)16/h5-7H,3-4H2,1-2H3,(H2,12,15,16). The third-order valence-corrected chi connectivity index (χ3v) is 3.29. The number of pyridine rings is 1. The first-order chi connectivity index (χ1) is 8.36. The Morgan fingerprint density at radius 2 is 2.11 bits per heavy atom. The summed E-state index contributed by atoms with van der Waals surface area (Å²) in [5.41, 5.74) is 1.34. The molecule has 18 heavy (non-hydrogen) atoms. The van der Waals surface area contributed by atoms with Crippen LogP contribution < -0.4 is 5.14 Å². The van der Waals surface area contributed by atoms with Gasteiger partial charge in [-0.3, -0.25) is 4.98 Å². The number of nitrogens with two attached hydrogens (primary N) is 1. The molecule has 2 heterocycles. The summed E-state index contributed by atoms with van der Waals surface area (Å²) in [6.45, 7) is 0.862. The molecular formula is C11H15N3O3S. The van der Waals surface area contributed by atoms with Crippen LogP contribution in [-0.4, -0.2) is 38.9 Å². The van der Waals surface area contributed by atoms with E-state index in [0.29, 0.717) is 11.0 Å². The Balaban J connectivity index is 2.34. The number of hydrogen-bond acceptors (Lipinski definition) is 5. The molecule has 0 unspecified atom stereocenters. The number of hydrogen-bond donors (Lipinski definition) is 1. The molecule has 0 bridgehead atoms. The molecule has 7 heteroatoms. The van der Waals surface area contributed by atoms with E-state index in [-0.39, 0.29) is 5.09 Å². The van der Waals surface area contributed by atoms with Crippen LogP contribution in [0, 0.1) is 0 Å². The van der Waals surface area contributed by atoms with Crippen LogP contribution in [0.3, 0.4) is 0 Å². The van der Waals surface area contributed by atoms with E-state index in [1.807, 2.05) is 19.0 Å². The number of rotatable bonds is 4. The normalized spacial score (nSPS) is 12.4. The van der Waals surface area contributed by atoms with Gasteiger partial charge in [0.25, 0.3) is 10.0 Å². The van der Waals surface area contributed by atoms with Crippen molar-refractivity contribution >= 4 is 21.0 Å². The Hall–Kier alpha value is -1.44. The number of primary sulfonamides is 1. The number of furan rings is 1. The molecule has 2 N–H and O–H groups in total. The van der Waals surface area contributed by atoms with Gasteiger partial charge in [0.1, 0.15) is 5.58 Å². The maximum Gasteiger partial charge on any atom is 0.271 e. The minimum atomic E-state index is -3.81. The fraction of sp³-hybridized carbons (Fsp3) is 0.364. The molecule has 98 valence electrons. The van der Waals surface area contributed by atoms with Gasteiger partial charge in [0.15, 0.2) is 0 Å². The Morgan fingerprint density at radius 1 is 1.39 bits per heavy atom. The van der Waals surface area contributed by atoms with Gasteiger partial charge in [0.05, 0.1) is 0 Å². The highest BCUT2D eigenvalue weighted by molar-refractivity contribution is 7.89. The lowest BCUT2D eigenvalue weighted by atomic mass is 10.2. The zero-order valence-corrected chi connectivity index (χ0v) is 11.1. The van der Waals surface area contributed by atoms with E-state index < -0.39 is 10.0 Å².